The van der Waals surface area contributed by atoms with Gasteiger partial charge >= 0.3 is 0 Å². The van der Waals surface area contributed by atoms with Crippen LogP contribution in [0, 0.1) is 0 Å². The van der Waals surface area contributed by atoms with Crippen molar-refractivity contribution in [3.05, 3.63) is 63.0 Å². The van der Waals surface area contributed by atoms with E-state index in [1.54, 1.807) is 23.0 Å². The van der Waals surface area contributed by atoms with Crippen molar-refractivity contribution in [3.8, 4) is 0 Å². The Bertz CT molecular complexity index is 1030. The normalized spacial score (nSPS) is 13.8. The zero-order valence-electron chi connectivity index (χ0n) is 15.2. The van der Waals surface area contributed by atoms with Crippen LogP contribution in [0.4, 0.5) is 14.6 Å². The van der Waals surface area contributed by atoms with Gasteiger partial charge in [-0.3, -0.25) is 14.2 Å². The van der Waals surface area contributed by atoms with E-state index in [1.165, 1.54) is 10.7 Å². The molecule has 6 nitrogen and oxygen atoms in total. The van der Waals surface area contributed by atoms with Gasteiger partial charge in [0.05, 0.1) is 11.0 Å². The molecule has 0 saturated heterocycles. The van der Waals surface area contributed by atoms with E-state index in [2.05, 4.69) is 31.4 Å². The maximum Gasteiger partial charge on any atom is 0.282 e. The Kier molecular flexibility index (Phi) is 5.69. The zero-order valence-corrected chi connectivity index (χ0v) is 17.5. The van der Waals surface area contributed by atoms with Gasteiger partial charge in [-0.1, -0.05) is 23.7 Å². The minimum atomic E-state index is -2.66. The Balaban J connectivity index is 1.44. The van der Waals surface area contributed by atoms with Gasteiger partial charge in [0.2, 0.25) is 5.91 Å². The van der Waals surface area contributed by atoms with Gasteiger partial charge in [-0.2, -0.15) is 10.2 Å². The highest BCUT2D eigenvalue weighted by molar-refractivity contribution is 9.10. The molecule has 2 heterocycles. The van der Waals surface area contributed by atoms with E-state index >= 15 is 0 Å². The van der Waals surface area contributed by atoms with Crippen molar-refractivity contribution in [2.45, 2.75) is 38.3 Å². The Labute approximate surface area is 179 Å². The number of rotatable bonds is 7. The smallest absolute Gasteiger partial charge is 0.282 e. The number of carbonyl (C=O) groups is 1. The van der Waals surface area contributed by atoms with Crippen LogP contribution in [0.2, 0.25) is 5.02 Å². The second-order valence-corrected chi connectivity index (χ2v) is 8.22. The van der Waals surface area contributed by atoms with Gasteiger partial charge in [0.25, 0.3) is 6.43 Å². The first kappa shape index (κ1) is 20.0. The highest BCUT2D eigenvalue weighted by Gasteiger charge is 2.30. The maximum absolute atomic E-state index is 13.0. The molecule has 1 fully saturated rings. The number of anilines is 1. The fraction of sp³-hybridized carbons (Fsp3) is 0.316. The average Bonchev–Trinajstić information content (AvgIpc) is 3.34. The van der Waals surface area contributed by atoms with Gasteiger partial charge in [0.15, 0.2) is 5.82 Å². The molecule has 2 aromatic heterocycles. The first-order valence-corrected chi connectivity index (χ1v) is 10.2. The summed E-state index contributed by atoms with van der Waals surface area (Å²) in [5.74, 6) is 0.180. The zero-order chi connectivity index (χ0) is 20.5. The first-order valence-electron chi connectivity index (χ1n) is 9.02. The summed E-state index contributed by atoms with van der Waals surface area (Å²) in [5, 5.41) is 11.6. The quantitative estimate of drug-likeness (QED) is 0.513. The average molecular weight is 485 g/mol. The molecule has 1 aromatic carbocycles. The first-order chi connectivity index (χ1) is 13.9. The number of hydrogen-bond acceptors (Lipinski definition) is 3. The Morgan fingerprint density at radius 1 is 1.28 bits per heavy atom. The molecule has 0 aliphatic heterocycles. The molecule has 1 saturated carbocycles. The van der Waals surface area contributed by atoms with Crippen molar-refractivity contribution in [1.82, 2.24) is 19.6 Å². The fourth-order valence-corrected chi connectivity index (χ4v) is 3.58. The predicted octanol–water partition coefficient (Wildman–Crippen LogP) is 5.00. The predicted molar refractivity (Wildman–Crippen MR) is 108 cm³/mol. The molecular formula is C19H17BrClF2N5O. The van der Waals surface area contributed by atoms with E-state index in [4.69, 9.17) is 11.6 Å². The molecule has 1 aliphatic rings. The summed E-state index contributed by atoms with van der Waals surface area (Å²) in [6, 6.07) is 8.79. The molecule has 152 valence electrons. The van der Waals surface area contributed by atoms with E-state index in [1.807, 2.05) is 12.1 Å². The highest BCUT2D eigenvalue weighted by Crippen LogP contribution is 2.41. The Hall–Kier alpha value is -2.26. The minimum Gasteiger partial charge on any atom is -0.307 e. The topological polar surface area (TPSA) is 64.7 Å². The summed E-state index contributed by atoms with van der Waals surface area (Å²) >= 11 is 9.28. The number of carbonyl (C=O) groups excluding carboxylic acids is 1. The van der Waals surface area contributed by atoms with Crippen LogP contribution in [-0.4, -0.2) is 25.5 Å². The standard InChI is InChI=1S/C19H17BrClF2N5O/c20-14-9-27(8-11-1-5-13(21)6-2-11)26-19(14)24-17(29)10-28-16(12-3-4-12)7-15(25-28)18(22)23/h1-2,5-7,9,12,18H,3-4,8,10H2,(H,24,26,29). The molecular weight excluding hydrogens is 468 g/mol. The van der Waals surface area contributed by atoms with Crippen LogP contribution in [0.5, 0.6) is 0 Å². The molecule has 0 spiro atoms. The highest BCUT2D eigenvalue weighted by atomic mass is 79.9. The van der Waals surface area contributed by atoms with Crippen LogP contribution in [0.3, 0.4) is 0 Å². The molecule has 3 aromatic rings. The van der Waals surface area contributed by atoms with E-state index in [0.717, 1.165) is 18.4 Å². The summed E-state index contributed by atoms with van der Waals surface area (Å²) < 4.78 is 29.6. The lowest BCUT2D eigenvalue weighted by Gasteiger charge is -2.07. The summed E-state index contributed by atoms with van der Waals surface area (Å²) in [7, 11) is 0. The third kappa shape index (κ3) is 4.84. The van der Waals surface area contributed by atoms with Crippen LogP contribution in [-0.2, 0) is 17.9 Å². The summed E-state index contributed by atoms with van der Waals surface area (Å²) in [5.41, 5.74) is 1.39. The Morgan fingerprint density at radius 2 is 2.00 bits per heavy atom. The molecule has 1 aliphatic carbocycles. The number of alkyl halides is 2. The van der Waals surface area contributed by atoms with Gasteiger partial charge in [-0.15, -0.1) is 0 Å². The van der Waals surface area contributed by atoms with Gasteiger partial charge in [-0.25, -0.2) is 8.78 Å². The van der Waals surface area contributed by atoms with Crippen molar-refractivity contribution in [3.63, 3.8) is 0 Å². The van der Waals surface area contributed by atoms with Gasteiger partial charge in [-0.05, 0) is 52.5 Å². The number of amides is 1. The maximum atomic E-state index is 13.0. The molecule has 4 rings (SSSR count). The summed E-state index contributed by atoms with van der Waals surface area (Å²) in [6.45, 7) is 0.364. The van der Waals surface area contributed by atoms with Crippen molar-refractivity contribution in [2.75, 3.05) is 5.32 Å². The molecule has 0 bridgehead atoms. The van der Waals surface area contributed by atoms with Crippen LogP contribution in [0.15, 0.2) is 41.0 Å². The summed E-state index contributed by atoms with van der Waals surface area (Å²) in [4.78, 5) is 12.5. The third-order valence-corrected chi connectivity index (χ3v) is 5.41. The Morgan fingerprint density at radius 3 is 2.66 bits per heavy atom. The SMILES string of the molecule is O=C(Cn1nc(C(F)F)cc1C1CC1)Nc1nn(Cc2ccc(Cl)cc2)cc1Br. The lowest BCUT2D eigenvalue weighted by Crippen LogP contribution is -2.21. The minimum absolute atomic E-state index is 0.144. The van der Waals surface area contributed by atoms with E-state index in [0.29, 0.717) is 27.6 Å². The van der Waals surface area contributed by atoms with Crippen molar-refractivity contribution < 1.29 is 13.6 Å². The van der Waals surface area contributed by atoms with Crippen molar-refractivity contribution in [1.29, 1.82) is 0 Å². The molecule has 0 unspecified atom stereocenters. The molecule has 0 radical (unpaired) electrons. The largest absolute Gasteiger partial charge is 0.307 e. The van der Waals surface area contributed by atoms with Crippen LogP contribution in [0.25, 0.3) is 0 Å². The van der Waals surface area contributed by atoms with Crippen LogP contribution >= 0.6 is 27.5 Å². The number of nitrogens with one attached hydrogen (secondary N) is 1. The molecule has 1 amide bonds. The monoisotopic (exact) mass is 483 g/mol. The van der Waals surface area contributed by atoms with Crippen LogP contribution in [0.1, 0.15) is 42.1 Å². The second kappa shape index (κ2) is 8.23. The van der Waals surface area contributed by atoms with Gasteiger partial charge < -0.3 is 5.32 Å². The van der Waals surface area contributed by atoms with Crippen molar-refractivity contribution >= 4 is 39.3 Å². The van der Waals surface area contributed by atoms with E-state index in [9.17, 15) is 13.6 Å². The van der Waals surface area contributed by atoms with E-state index < -0.39 is 6.43 Å². The number of halogens is 4. The lowest BCUT2D eigenvalue weighted by molar-refractivity contribution is -0.117. The number of aromatic nitrogens is 4. The lowest BCUT2D eigenvalue weighted by atomic mass is 10.2. The molecule has 29 heavy (non-hydrogen) atoms. The van der Waals surface area contributed by atoms with Gasteiger partial charge in [0, 0.05) is 22.8 Å². The number of benzene rings is 1. The fourth-order valence-electron chi connectivity index (χ4n) is 3.04. The third-order valence-electron chi connectivity index (χ3n) is 4.58. The molecule has 1 N–H and O–H groups in total. The molecule has 0 atom stereocenters. The van der Waals surface area contributed by atoms with Crippen LogP contribution < -0.4 is 5.32 Å². The second-order valence-electron chi connectivity index (χ2n) is 6.92. The van der Waals surface area contributed by atoms with E-state index in [-0.39, 0.29) is 24.1 Å². The molecule has 10 heteroatoms. The van der Waals surface area contributed by atoms with Gasteiger partial charge in [0.1, 0.15) is 12.2 Å². The number of nitrogens with zero attached hydrogens (tertiary/aromatic N) is 4. The number of hydrogen-bond donors (Lipinski definition) is 1. The van der Waals surface area contributed by atoms with Crippen molar-refractivity contribution in [2.24, 2.45) is 0 Å². The summed E-state index contributed by atoms with van der Waals surface area (Å²) in [6.07, 6.45) is 0.949.